The highest BCUT2D eigenvalue weighted by Gasteiger charge is 2.27. The lowest BCUT2D eigenvalue weighted by atomic mass is 10.0. The number of hydrogen-bond donors (Lipinski definition) is 1. The van der Waals surface area contributed by atoms with Crippen LogP contribution in [-0.4, -0.2) is 74.9 Å². The van der Waals surface area contributed by atoms with Crippen molar-refractivity contribution in [3.05, 3.63) is 85.1 Å². The predicted molar refractivity (Wildman–Crippen MR) is 399 cm³/mol. The number of likely N-dealkylation sites (N-methyl/N-ethyl adjacent to an activating group) is 1. The SMILES string of the molecule is CC/C=C\C/C=C\C/C=C\C/C=C\CCCCCCCCCCCCCCCCCCCCCCCCCCCCC(=O)OC(COC(=O)CCCCCCCCCCCCCCCC/C=C\C/C=C\C/C=C\CCCCCCC)COP(=O)(O)OCC[N+](C)(C)C. The lowest BCUT2D eigenvalue weighted by Crippen LogP contribution is -2.37. The molecule has 0 heterocycles. The van der Waals surface area contributed by atoms with Gasteiger partial charge in [-0.05, 0) is 89.9 Å². The summed E-state index contributed by atoms with van der Waals surface area (Å²) in [7, 11) is 1.49. The van der Waals surface area contributed by atoms with Crippen molar-refractivity contribution in [2.45, 2.75) is 380 Å². The molecule has 0 fully saturated rings. The molecule has 2 atom stereocenters. The quantitative estimate of drug-likeness (QED) is 0.0211. The Morgan fingerprint density at radius 3 is 0.924 bits per heavy atom. The third kappa shape index (κ3) is 76.2. The van der Waals surface area contributed by atoms with Crippen LogP contribution in [0, 0.1) is 0 Å². The zero-order chi connectivity index (χ0) is 66.9. The van der Waals surface area contributed by atoms with Gasteiger partial charge in [0.25, 0.3) is 0 Å². The molecule has 92 heavy (non-hydrogen) atoms. The topological polar surface area (TPSA) is 108 Å². The van der Waals surface area contributed by atoms with Gasteiger partial charge in [0.1, 0.15) is 19.8 Å². The van der Waals surface area contributed by atoms with E-state index in [1.54, 1.807) is 0 Å². The summed E-state index contributed by atoms with van der Waals surface area (Å²) in [6.45, 7) is 4.36. The summed E-state index contributed by atoms with van der Waals surface area (Å²) in [6, 6.07) is 0. The van der Waals surface area contributed by atoms with Gasteiger partial charge in [0, 0.05) is 12.8 Å². The fraction of sp³-hybridized carbons (Fsp3) is 0.805. The first-order valence-corrected chi connectivity index (χ1v) is 40.8. The number of nitrogens with zero attached hydrogens (tertiary/aromatic N) is 1. The van der Waals surface area contributed by atoms with Crippen LogP contribution in [0.4, 0.5) is 0 Å². The molecule has 0 aromatic carbocycles. The van der Waals surface area contributed by atoms with Gasteiger partial charge in [0.2, 0.25) is 0 Å². The summed E-state index contributed by atoms with van der Waals surface area (Å²) in [5.74, 6) is -0.781. The van der Waals surface area contributed by atoms with E-state index in [1.165, 1.54) is 270 Å². The second-order valence-corrected chi connectivity index (χ2v) is 29.2. The molecular formula is C82H151NO8P+. The second-order valence-electron chi connectivity index (χ2n) is 27.7. The average molecular weight is 1310 g/mol. The normalized spacial score (nSPS) is 13.5. The average Bonchev–Trinajstić information content (AvgIpc) is 2.14. The van der Waals surface area contributed by atoms with E-state index in [0.29, 0.717) is 17.4 Å². The lowest BCUT2D eigenvalue weighted by molar-refractivity contribution is -0.870. The predicted octanol–water partition coefficient (Wildman–Crippen LogP) is 26.1. The monoisotopic (exact) mass is 1310 g/mol. The number of phosphoric ester groups is 1. The van der Waals surface area contributed by atoms with Crippen LogP contribution in [0.5, 0.6) is 0 Å². The Morgan fingerprint density at radius 1 is 0.348 bits per heavy atom. The standard InChI is InChI=1S/C82H150NO8P/c1-6-8-10-12-14-16-18-20-22-24-26-28-30-32-34-36-37-38-39-40-41-42-43-44-45-47-49-51-53-55-57-59-61-63-65-67-69-71-73-75-82(85)91-80(79-90-92(86,87)89-77-76-83(3,4)5)78-88-81(84)74-72-70-68-66-64-62-60-58-56-54-52-50-48-46-35-33-31-29-27-25-23-21-19-17-15-13-11-9-7-2/h8,10,14,16,19-22,25-28,31,33,80H,6-7,9,11-13,15,17-18,23-24,29-30,32,34-79H2,1-5H3/p+1/b10-8-,16-14-,21-19-,22-20-,27-25-,28-26-,33-31-. The van der Waals surface area contributed by atoms with Gasteiger partial charge in [-0.15, -0.1) is 0 Å². The second kappa shape index (κ2) is 72.5. The van der Waals surface area contributed by atoms with Crippen LogP contribution in [-0.2, 0) is 32.7 Å². The molecule has 10 heteroatoms. The molecular weight excluding hydrogens is 1160 g/mol. The molecule has 0 bridgehead atoms. The van der Waals surface area contributed by atoms with E-state index in [0.717, 1.165) is 70.6 Å². The van der Waals surface area contributed by atoms with Crippen molar-refractivity contribution in [1.29, 1.82) is 0 Å². The fourth-order valence-corrected chi connectivity index (χ4v) is 12.2. The maximum atomic E-state index is 12.9. The Morgan fingerprint density at radius 2 is 0.620 bits per heavy atom. The molecule has 0 saturated heterocycles. The van der Waals surface area contributed by atoms with Crippen molar-refractivity contribution < 1.29 is 42.1 Å². The molecule has 2 unspecified atom stereocenters. The van der Waals surface area contributed by atoms with Crippen LogP contribution in [0.15, 0.2) is 85.1 Å². The van der Waals surface area contributed by atoms with Gasteiger partial charge in [-0.25, -0.2) is 4.57 Å². The maximum Gasteiger partial charge on any atom is 0.472 e. The number of carbonyl (C=O) groups excluding carboxylic acids is 2. The van der Waals surface area contributed by atoms with Gasteiger partial charge in [0.05, 0.1) is 27.7 Å². The fourth-order valence-electron chi connectivity index (χ4n) is 11.4. The summed E-state index contributed by atoms with van der Waals surface area (Å²) in [4.78, 5) is 36.0. The van der Waals surface area contributed by atoms with Gasteiger partial charge in [0.15, 0.2) is 6.10 Å². The van der Waals surface area contributed by atoms with E-state index in [4.69, 9.17) is 18.5 Å². The molecule has 0 aliphatic heterocycles. The molecule has 0 amide bonds. The van der Waals surface area contributed by atoms with Crippen molar-refractivity contribution in [1.82, 2.24) is 0 Å². The number of carbonyl (C=O) groups is 2. The van der Waals surface area contributed by atoms with E-state index in [2.05, 4.69) is 98.9 Å². The zero-order valence-corrected chi connectivity index (χ0v) is 62.2. The van der Waals surface area contributed by atoms with E-state index >= 15 is 0 Å². The van der Waals surface area contributed by atoms with Crippen molar-refractivity contribution in [3.8, 4) is 0 Å². The molecule has 0 aromatic heterocycles. The van der Waals surface area contributed by atoms with Crippen molar-refractivity contribution in [3.63, 3.8) is 0 Å². The van der Waals surface area contributed by atoms with E-state index in [1.807, 2.05) is 21.1 Å². The summed E-state index contributed by atoms with van der Waals surface area (Å²) >= 11 is 0. The van der Waals surface area contributed by atoms with Gasteiger partial charge in [-0.2, -0.15) is 0 Å². The first-order chi connectivity index (χ1) is 45.0. The summed E-state index contributed by atoms with van der Waals surface area (Å²) < 4.78 is 34.8. The number of unbranched alkanes of at least 4 members (excludes halogenated alkanes) is 45. The first kappa shape index (κ1) is 89.2. The van der Waals surface area contributed by atoms with Crippen LogP contribution in [0.2, 0.25) is 0 Å². The highest BCUT2D eigenvalue weighted by molar-refractivity contribution is 7.47. The van der Waals surface area contributed by atoms with E-state index < -0.39 is 26.5 Å². The number of esters is 2. The van der Waals surface area contributed by atoms with Gasteiger partial charge in [-0.1, -0.05) is 356 Å². The van der Waals surface area contributed by atoms with Crippen LogP contribution >= 0.6 is 7.82 Å². The maximum absolute atomic E-state index is 12.9. The summed E-state index contributed by atoms with van der Waals surface area (Å²) in [5, 5.41) is 0. The minimum absolute atomic E-state index is 0.0321. The number of allylic oxidation sites excluding steroid dienone is 14. The van der Waals surface area contributed by atoms with Crippen molar-refractivity contribution in [2.75, 3.05) is 47.5 Å². The van der Waals surface area contributed by atoms with Crippen molar-refractivity contribution in [2.24, 2.45) is 0 Å². The Labute approximate surface area is 571 Å². The van der Waals surface area contributed by atoms with Crippen LogP contribution in [0.25, 0.3) is 0 Å². The highest BCUT2D eigenvalue weighted by Crippen LogP contribution is 2.43. The highest BCUT2D eigenvalue weighted by atomic mass is 31.2. The van der Waals surface area contributed by atoms with E-state index in [-0.39, 0.29) is 32.0 Å². The third-order valence-corrected chi connectivity index (χ3v) is 18.4. The third-order valence-electron chi connectivity index (χ3n) is 17.4. The Bertz CT molecular complexity index is 1830. The molecule has 1 N–H and O–H groups in total. The number of quaternary nitrogens is 1. The molecule has 9 nitrogen and oxygen atoms in total. The van der Waals surface area contributed by atoms with Gasteiger partial charge >= 0.3 is 19.8 Å². The smallest absolute Gasteiger partial charge is 0.462 e. The molecule has 0 aliphatic rings. The van der Waals surface area contributed by atoms with Gasteiger partial charge < -0.3 is 18.9 Å². The molecule has 536 valence electrons. The van der Waals surface area contributed by atoms with E-state index in [9.17, 15) is 19.0 Å². The number of phosphoric acid groups is 1. The molecule has 0 radical (unpaired) electrons. The Kier molecular flexibility index (Phi) is 70.2. The Hall–Kier alpha value is -2.81. The Balaban J connectivity index is 3.93. The molecule has 0 rings (SSSR count). The van der Waals surface area contributed by atoms with Gasteiger partial charge in [-0.3, -0.25) is 18.6 Å². The minimum Gasteiger partial charge on any atom is -0.462 e. The molecule has 0 aromatic rings. The molecule has 0 aliphatic carbocycles. The zero-order valence-electron chi connectivity index (χ0n) is 61.3. The number of rotatable bonds is 73. The first-order valence-electron chi connectivity index (χ1n) is 39.3. The summed E-state index contributed by atoms with van der Waals surface area (Å²) in [6.07, 6.45) is 100. The number of hydrogen-bond acceptors (Lipinski definition) is 7. The number of ether oxygens (including phenoxy) is 2. The summed E-state index contributed by atoms with van der Waals surface area (Å²) in [5.41, 5.74) is 0. The lowest BCUT2D eigenvalue weighted by Gasteiger charge is -2.24. The molecule has 0 spiro atoms. The van der Waals surface area contributed by atoms with Crippen LogP contribution < -0.4 is 0 Å². The largest absolute Gasteiger partial charge is 0.472 e. The van der Waals surface area contributed by atoms with Crippen LogP contribution in [0.1, 0.15) is 373 Å². The van der Waals surface area contributed by atoms with Crippen LogP contribution in [0.3, 0.4) is 0 Å². The minimum atomic E-state index is -4.40. The molecule has 0 saturated carbocycles. The van der Waals surface area contributed by atoms with Crippen molar-refractivity contribution >= 4 is 19.8 Å².